The lowest BCUT2D eigenvalue weighted by molar-refractivity contribution is 1.06. The standard InChI is InChI=1S/C8H11N5/c1-4-7-6(5(2)12-13-7)11-8(9-3)10-4/h1-3H3,(H,12,13)(H,9,10,11). The van der Waals surface area contributed by atoms with Crippen LogP contribution < -0.4 is 5.32 Å². The lowest BCUT2D eigenvalue weighted by Gasteiger charge is -2.00. The molecule has 0 amide bonds. The van der Waals surface area contributed by atoms with Gasteiger partial charge in [-0.05, 0) is 13.8 Å². The van der Waals surface area contributed by atoms with Crippen molar-refractivity contribution in [3.63, 3.8) is 0 Å². The summed E-state index contributed by atoms with van der Waals surface area (Å²) in [6.45, 7) is 3.85. The van der Waals surface area contributed by atoms with Gasteiger partial charge in [-0.25, -0.2) is 9.97 Å². The van der Waals surface area contributed by atoms with E-state index in [-0.39, 0.29) is 0 Å². The molecule has 5 heteroatoms. The molecular weight excluding hydrogens is 166 g/mol. The highest BCUT2D eigenvalue weighted by Gasteiger charge is 2.07. The van der Waals surface area contributed by atoms with Crippen molar-refractivity contribution in [2.45, 2.75) is 13.8 Å². The van der Waals surface area contributed by atoms with Crippen LogP contribution >= 0.6 is 0 Å². The predicted molar refractivity (Wildman–Crippen MR) is 50.7 cm³/mol. The number of aromatic nitrogens is 4. The van der Waals surface area contributed by atoms with Gasteiger partial charge in [-0.2, -0.15) is 5.10 Å². The number of aromatic amines is 1. The van der Waals surface area contributed by atoms with E-state index in [9.17, 15) is 0 Å². The van der Waals surface area contributed by atoms with Gasteiger partial charge in [0, 0.05) is 7.05 Å². The van der Waals surface area contributed by atoms with Crippen LogP contribution in [0.25, 0.3) is 11.0 Å². The monoisotopic (exact) mass is 177 g/mol. The molecule has 68 valence electrons. The molecule has 0 aliphatic heterocycles. The fourth-order valence-corrected chi connectivity index (χ4v) is 1.27. The SMILES string of the molecule is CNc1nc(C)c2[nH]nc(C)c2n1. The smallest absolute Gasteiger partial charge is 0.223 e. The molecule has 0 spiro atoms. The molecule has 2 aromatic heterocycles. The zero-order valence-electron chi connectivity index (χ0n) is 7.84. The zero-order valence-corrected chi connectivity index (χ0v) is 7.84. The second-order valence-corrected chi connectivity index (χ2v) is 2.92. The summed E-state index contributed by atoms with van der Waals surface area (Å²) < 4.78 is 0. The third kappa shape index (κ3) is 1.12. The summed E-state index contributed by atoms with van der Waals surface area (Å²) in [7, 11) is 1.80. The van der Waals surface area contributed by atoms with Crippen molar-refractivity contribution >= 4 is 17.0 Å². The van der Waals surface area contributed by atoms with Crippen LogP contribution in [0.3, 0.4) is 0 Å². The topological polar surface area (TPSA) is 66.5 Å². The van der Waals surface area contributed by atoms with Crippen LogP contribution in [0, 0.1) is 13.8 Å². The molecule has 0 aromatic carbocycles. The summed E-state index contributed by atoms with van der Waals surface area (Å²) in [6, 6.07) is 0. The maximum absolute atomic E-state index is 4.30. The lowest BCUT2D eigenvalue weighted by atomic mass is 10.3. The van der Waals surface area contributed by atoms with Gasteiger partial charge >= 0.3 is 0 Å². The number of H-pyrrole nitrogens is 1. The van der Waals surface area contributed by atoms with Crippen LogP contribution in [0.2, 0.25) is 0 Å². The summed E-state index contributed by atoms with van der Waals surface area (Å²) in [5, 5.41) is 9.89. The second-order valence-electron chi connectivity index (χ2n) is 2.92. The average Bonchev–Trinajstić information content (AvgIpc) is 2.48. The van der Waals surface area contributed by atoms with E-state index >= 15 is 0 Å². The molecule has 0 aliphatic carbocycles. The minimum Gasteiger partial charge on any atom is -0.357 e. The third-order valence-electron chi connectivity index (χ3n) is 1.99. The minimum atomic E-state index is 0.634. The van der Waals surface area contributed by atoms with Gasteiger partial charge in [0.2, 0.25) is 5.95 Å². The first kappa shape index (κ1) is 7.97. The van der Waals surface area contributed by atoms with Crippen molar-refractivity contribution in [3.05, 3.63) is 11.4 Å². The van der Waals surface area contributed by atoms with Crippen molar-refractivity contribution < 1.29 is 0 Å². The maximum atomic E-state index is 4.30. The first-order valence-electron chi connectivity index (χ1n) is 4.09. The summed E-state index contributed by atoms with van der Waals surface area (Å²) in [5.74, 6) is 0.634. The number of hydrogen-bond donors (Lipinski definition) is 2. The molecule has 0 bridgehead atoms. The molecule has 2 rings (SSSR count). The normalized spacial score (nSPS) is 10.7. The minimum absolute atomic E-state index is 0.634. The average molecular weight is 177 g/mol. The summed E-state index contributed by atoms with van der Waals surface area (Å²) in [6.07, 6.45) is 0. The van der Waals surface area contributed by atoms with E-state index in [0.29, 0.717) is 5.95 Å². The van der Waals surface area contributed by atoms with E-state index in [4.69, 9.17) is 0 Å². The largest absolute Gasteiger partial charge is 0.357 e. The highest BCUT2D eigenvalue weighted by atomic mass is 15.2. The molecular formula is C8H11N5. The third-order valence-corrected chi connectivity index (χ3v) is 1.99. The van der Waals surface area contributed by atoms with Gasteiger partial charge < -0.3 is 5.32 Å². The Morgan fingerprint density at radius 3 is 2.62 bits per heavy atom. The molecule has 0 saturated carbocycles. The van der Waals surface area contributed by atoms with Crippen molar-refractivity contribution in [1.82, 2.24) is 20.2 Å². The van der Waals surface area contributed by atoms with Gasteiger partial charge in [-0.15, -0.1) is 0 Å². The van der Waals surface area contributed by atoms with Crippen LogP contribution in [-0.2, 0) is 0 Å². The number of anilines is 1. The molecule has 0 atom stereocenters. The van der Waals surface area contributed by atoms with E-state index in [1.807, 2.05) is 13.8 Å². The van der Waals surface area contributed by atoms with Crippen molar-refractivity contribution in [2.24, 2.45) is 0 Å². The lowest BCUT2D eigenvalue weighted by Crippen LogP contribution is -1.98. The van der Waals surface area contributed by atoms with Crippen LogP contribution in [0.15, 0.2) is 0 Å². The summed E-state index contributed by atoms with van der Waals surface area (Å²) >= 11 is 0. The highest BCUT2D eigenvalue weighted by molar-refractivity contribution is 5.79. The number of nitrogens with one attached hydrogen (secondary N) is 2. The quantitative estimate of drug-likeness (QED) is 0.682. The first-order valence-corrected chi connectivity index (χ1v) is 4.09. The summed E-state index contributed by atoms with van der Waals surface area (Å²) in [5.41, 5.74) is 3.61. The van der Waals surface area contributed by atoms with Crippen molar-refractivity contribution in [2.75, 3.05) is 12.4 Å². The van der Waals surface area contributed by atoms with E-state index in [0.717, 1.165) is 22.4 Å². The Bertz CT molecular complexity index is 445. The predicted octanol–water partition coefficient (Wildman–Crippen LogP) is 1.01. The molecule has 13 heavy (non-hydrogen) atoms. The van der Waals surface area contributed by atoms with Crippen molar-refractivity contribution in [1.29, 1.82) is 0 Å². The number of aryl methyl sites for hydroxylation is 2. The number of hydrogen-bond acceptors (Lipinski definition) is 4. The van der Waals surface area contributed by atoms with Crippen molar-refractivity contribution in [3.8, 4) is 0 Å². The Morgan fingerprint density at radius 1 is 1.15 bits per heavy atom. The Labute approximate surface area is 75.6 Å². The highest BCUT2D eigenvalue weighted by Crippen LogP contribution is 2.16. The van der Waals surface area contributed by atoms with Crippen LogP contribution in [0.5, 0.6) is 0 Å². The summed E-state index contributed by atoms with van der Waals surface area (Å²) in [4.78, 5) is 8.54. The fraction of sp³-hybridized carbons (Fsp3) is 0.375. The van der Waals surface area contributed by atoms with Gasteiger partial charge in [-0.3, -0.25) is 5.10 Å². The molecule has 0 unspecified atom stereocenters. The Hall–Kier alpha value is -1.65. The second kappa shape index (κ2) is 2.69. The number of nitrogens with zero attached hydrogens (tertiary/aromatic N) is 3. The van der Waals surface area contributed by atoms with E-state index in [2.05, 4.69) is 25.5 Å². The van der Waals surface area contributed by atoms with Gasteiger partial charge in [0.05, 0.1) is 11.4 Å². The molecule has 5 nitrogen and oxygen atoms in total. The Balaban J connectivity index is 2.80. The van der Waals surface area contributed by atoms with E-state index < -0.39 is 0 Å². The molecule has 2 aromatic rings. The van der Waals surface area contributed by atoms with E-state index in [1.54, 1.807) is 7.05 Å². The van der Waals surface area contributed by atoms with Gasteiger partial charge in [-0.1, -0.05) is 0 Å². The Kier molecular flexibility index (Phi) is 1.65. The van der Waals surface area contributed by atoms with Crippen LogP contribution in [0.1, 0.15) is 11.4 Å². The van der Waals surface area contributed by atoms with E-state index in [1.165, 1.54) is 0 Å². The number of rotatable bonds is 1. The molecule has 0 radical (unpaired) electrons. The molecule has 0 fully saturated rings. The molecule has 2 N–H and O–H groups in total. The van der Waals surface area contributed by atoms with Gasteiger partial charge in [0.25, 0.3) is 0 Å². The maximum Gasteiger partial charge on any atom is 0.223 e. The van der Waals surface area contributed by atoms with Gasteiger partial charge in [0.1, 0.15) is 11.0 Å². The molecule has 2 heterocycles. The zero-order chi connectivity index (χ0) is 9.42. The Morgan fingerprint density at radius 2 is 1.92 bits per heavy atom. The van der Waals surface area contributed by atoms with Gasteiger partial charge in [0.15, 0.2) is 0 Å². The molecule has 0 aliphatic rings. The molecule has 0 saturated heterocycles. The van der Waals surface area contributed by atoms with Crippen LogP contribution in [0.4, 0.5) is 5.95 Å². The van der Waals surface area contributed by atoms with Crippen LogP contribution in [-0.4, -0.2) is 27.2 Å². The number of fused-ring (bicyclic) bond motifs is 1. The fourth-order valence-electron chi connectivity index (χ4n) is 1.27. The first-order chi connectivity index (χ1) is 6.22.